The minimum Gasteiger partial charge on any atom is -0.435 e. The van der Waals surface area contributed by atoms with E-state index >= 15 is 0 Å². The molecule has 0 bridgehead atoms. The third-order valence-electron chi connectivity index (χ3n) is 6.35. The van der Waals surface area contributed by atoms with Crippen molar-refractivity contribution in [1.82, 2.24) is 10.2 Å². The largest absolute Gasteiger partial charge is 0.435 e. The highest BCUT2D eigenvalue weighted by Crippen LogP contribution is 2.37. The van der Waals surface area contributed by atoms with Crippen LogP contribution in [-0.2, 0) is 16.8 Å². The van der Waals surface area contributed by atoms with Crippen molar-refractivity contribution < 1.29 is 27.9 Å². The molecule has 8 heteroatoms. The highest BCUT2D eigenvalue weighted by atomic mass is 19.3. The van der Waals surface area contributed by atoms with Gasteiger partial charge in [-0.3, -0.25) is 14.5 Å². The number of imide groups is 1. The number of nitrogens with zero attached hydrogens (tertiary/aromatic N) is 1. The summed E-state index contributed by atoms with van der Waals surface area (Å²) in [5, 5.41) is 2.61. The number of carbonyl (C=O) groups excluding carboxylic acids is 3. The van der Waals surface area contributed by atoms with Gasteiger partial charge >= 0.3 is 12.6 Å². The van der Waals surface area contributed by atoms with Gasteiger partial charge in [-0.15, -0.1) is 0 Å². The van der Waals surface area contributed by atoms with Crippen molar-refractivity contribution in [1.29, 1.82) is 0 Å². The van der Waals surface area contributed by atoms with Gasteiger partial charge in [0.05, 0.1) is 6.54 Å². The predicted octanol–water partition coefficient (Wildman–Crippen LogP) is 4.51. The second kappa shape index (κ2) is 8.06. The van der Waals surface area contributed by atoms with Gasteiger partial charge in [-0.2, -0.15) is 8.78 Å². The number of hydrogen-bond donors (Lipinski definition) is 1. The van der Waals surface area contributed by atoms with Crippen molar-refractivity contribution in [2.75, 3.05) is 6.54 Å². The zero-order valence-corrected chi connectivity index (χ0v) is 18.2. The summed E-state index contributed by atoms with van der Waals surface area (Å²) >= 11 is 0. The molecule has 1 heterocycles. The van der Waals surface area contributed by atoms with E-state index in [4.69, 9.17) is 0 Å². The zero-order valence-electron chi connectivity index (χ0n) is 18.2. The maximum atomic E-state index is 13.2. The number of ether oxygens (including phenoxy) is 1. The standard InChI is InChI=1S/C26H20F2N2O4/c1-26(18-8-10-19(11-9-18)34-24(27)28)23(32)30(25(33)29-26)14-22(31)17-7-6-16-12-15-4-2-3-5-20(15)21(16)13-17/h2-11,13,24H,12,14H2,1H3,(H,29,33). The van der Waals surface area contributed by atoms with Crippen LogP contribution in [0.25, 0.3) is 11.1 Å². The molecular formula is C26H20F2N2O4. The van der Waals surface area contributed by atoms with E-state index in [9.17, 15) is 23.2 Å². The number of rotatable bonds is 6. The summed E-state index contributed by atoms with van der Waals surface area (Å²) < 4.78 is 29.1. The molecule has 0 aromatic heterocycles. The van der Waals surface area contributed by atoms with Gasteiger partial charge in [0, 0.05) is 5.56 Å². The first-order valence-corrected chi connectivity index (χ1v) is 10.7. The molecule has 3 aromatic carbocycles. The molecule has 2 aliphatic rings. The summed E-state index contributed by atoms with van der Waals surface area (Å²) in [6, 6.07) is 18.2. The number of fused-ring (bicyclic) bond motifs is 3. The zero-order chi connectivity index (χ0) is 24.0. The Hall–Kier alpha value is -4.07. The highest BCUT2D eigenvalue weighted by Gasteiger charge is 2.49. The van der Waals surface area contributed by atoms with Gasteiger partial charge in [0.1, 0.15) is 11.3 Å². The molecule has 172 valence electrons. The SMILES string of the molecule is CC1(c2ccc(OC(F)F)cc2)NC(=O)N(CC(=O)c2ccc3c(c2)-c2ccccc2C3)C1=O. The number of amides is 3. The Morgan fingerprint density at radius 3 is 2.47 bits per heavy atom. The second-order valence-electron chi connectivity index (χ2n) is 8.48. The van der Waals surface area contributed by atoms with E-state index in [1.807, 2.05) is 30.3 Å². The normalized spacial score (nSPS) is 18.6. The molecule has 1 N–H and O–H groups in total. The fourth-order valence-electron chi connectivity index (χ4n) is 4.54. The van der Waals surface area contributed by atoms with Gasteiger partial charge in [-0.25, -0.2) is 4.79 Å². The first kappa shape index (κ1) is 21.8. The molecular weight excluding hydrogens is 442 g/mol. The average molecular weight is 462 g/mol. The van der Waals surface area contributed by atoms with Gasteiger partial charge in [0.15, 0.2) is 5.78 Å². The van der Waals surface area contributed by atoms with E-state index in [1.165, 1.54) is 36.8 Å². The third-order valence-corrected chi connectivity index (χ3v) is 6.35. The molecule has 3 aromatic rings. The van der Waals surface area contributed by atoms with Crippen LogP contribution in [0.2, 0.25) is 0 Å². The first-order valence-electron chi connectivity index (χ1n) is 10.7. The van der Waals surface area contributed by atoms with Crippen molar-refractivity contribution in [2.24, 2.45) is 0 Å². The Bertz CT molecular complexity index is 1320. The van der Waals surface area contributed by atoms with Crippen LogP contribution in [-0.4, -0.2) is 35.8 Å². The average Bonchev–Trinajstić information content (AvgIpc) is 3.29. The van der Waals surface area contributed by atoms with Crippen LogP contribution in [0.15, 0.2) is 66.7 Å². The number of carbonyl (C=O) groups is 3. The van der Waals surface area contributed by atoms with E-state index in [-0.39, 0.29) is 11.5 Å². The molecule has 3 amide bonds. The van der Waals surface area contributed by atoms with Crippen molar-refractivity contribution in [2.45, 2.75) is 25.5 Å². The lowest BCUT2D eigenvalue weighted by atomic mass is 9.92. The van der Waals surface area contributed by atoms with Crippen LogP contribution in [0.4, 0.5) is 13.6 Å². The van der Waals surface area contributed by atoms with E-state index in [0.717, 1.165) is 28.0 Å². The second-order valence-corrected chi connectivity index (χ2v) is 8.48. The molecule has 0 saturated carbocycles. The molecule has 5 rings (SSSR count). The fraction of sp³-hybridized carbons (Fsp3) is 0.192. The van der Waals surface area contributed by atoms with Gasteiger partial charge in [-0.1, -0.05) is 48.5 Å². The minimum absolute atomic E-state index is 0.0654. The number of nitrogens with one attached hydrogen (secondary N) is 1. The van der Waals surface area contributed by atoms with E-state index < -0.39 is 30.6 Å². The molecule has 0 spiro atoms. The van der Waals surface area contributed by atoms with E-state index in [2.05, 4.69) is 16.1 Å². The van der Waals surface area contributed by atoms with Crippen LogP contribution in [0, 0.1) is 0 Å². The van der Waals surface area contributed by atoms with Gasteiger partial charge in [0.25, 0.3) is 5.91 Å². The van der Waals surface area contributed by atoms with E-state index in [1.54, 1.807) is 6.07 Å². The van der Waals surface area contributed by atoms with Crippen molar-refractivity contribution >= 4 is 17.7 Å². The maximum absolute atomic E-state index is 13.2. The Kier molecular flexibility index (Phi) is 5.16. The molecule has 1 unspecified atom stereocenters. The summed E-state index contributed by atoms with van der Waals surface area (Å²) in [5.41, 5.74) is 3.74. The van der Waals surface area contributed by atoms with Crippen molar-refractivity contribution in [3.63, 3.8) is 0 Å². The number of hydrogen-bond acceptors (Lipinski definition) is 4. The number of halogens is 2. The molecule has 0 radical (unpaired) electrons. The number of alkyl halides is 2. The smallest absolute Gasteiger partial charge is 0.387 e. The van der Waals surface area contributed by atoms with Crippen molar-refractivity contribution in [3.8, 4) is 16.9 Å². The summed E-state index contributed by atoms with van der Waals surface area (Å²) in [6.45, 7) is -1.87. The Morgan fingerprint density at radius 1 is 1.03 bits per heavy atom. The van der Waals surface area contributed by atoms with Crippen LogP contribution in [0.1, 0.15) is 34.0 Å². The Labute approximate surface area is 194 Å². The summed E-state index contributed by atoms with van der Waals surface area (Å²) in [5.74, 6) is -1.02. The fourth-order valence-corrected chi connectivity index (χ4v) is 4.54. The first-order chi connectivity index (χ1) is 16.3. The van der Waals surface area contributed by atoms with Crippen LogP contribution >= 0.6 is 0 Å². The Morgan fingerprint density at radius 2 is 1.74 bits per heavy atom. The van der Waals surface area contributed by atoms with E-state index in [0.29, 0.717) is 11.1 Å². The molecule has 1 saturated heterocycles. The van der Waals surface area contributed by atoms with Crippen LogP contribution in [0.5, 0.6) is 5.75 Å². The molecule has 1 fully saturated rings. The number of Topliss-reactive ketones (excluding diaryl/α,β-unsaturated/α-hetero) is 1. The quantitative estimate of drug-likeness (QED) is 0.338. The number of benzene rings is 3. The molecule has 1 atom stereocenters. The third kappa shape index (κ3) is 3.61. The lowest BCUT2D eigenvalue weighted by molar-refractivity contribution is -0.130. The lowest BCUT2D eigenvalue weighted by Crippen LogP contribution is -2.41. The minimum atomic E-state index is -2.97. The van der Waals surface area contributed by atoms with Gasteiger partial charge in [0.2, 0.25) is 0 Å². The van der Waals surface area contributed by atoms with Crippen molar-refractivity contribution in [3.05, 3.63) is 89.0 Å². The number of urea groups is 1. The lowest BCUT2D eigenvalue weighted by Gasteiger charge is -2.22. The summed E-state index contributed by atoms with van der Waals surface area (Å²) in [6.07, 6.45) is 0.798. The predicted molar refractivity (Wildman–Crippen MR) is 120 cm³/mol. The maximum Gasteiger partial charge on any atom is 0.387 e. The highest BCUT2D eigenvalue weighted by molar-refractivity contribution is 6.11. The topological polar surface area (TPSA) is 75.7 Å². The molecule has 34 heavy (non-hydrogen) atoms. The number of ketones is 1. The van der Waals surface area contributed by atoms with Gasteiger partial charge < -0.3 is 10.1 Å². The summed E-state index contributed by atoms with van der Waals surface area (Å²) in [4.78, 5) is 39.7. The van der Waals surface area contributed by atoms with Crippen LogP contribution < -0.4 is 10.1 Å². The molecule has 6 nitrogen and oxygen atoms in total. The Balaban J connectivity index is 1.35. The van der Waals surface area contributed by atoms with Crippen LogP contribution in [0.3, 0.4) is 0 Å². The van der Waals surface area contributed by atoms with Gasteiger partial charge in [-0.05, 0) is 59.4 Å². The molecule has 1 aliphatic heterocycles. The summed E-state index contributed by atoms with van der Waals surface area (Å²) in [7, 11) is 0. The molecule has 1 aliphatic carbocycles. The monoisotopic (exact) mass is 462 g/mol.